The van der Waals surface area contributed by atoms with Crippen molar-refractivity contribution in [3.05, 3.63) is 36.0 Å². The molecule has 0 aromatic carbocycles. The molecule has 0 saturated heterocycles. The van der Waals surface area contributed by atoms with Crippen LogP contribution in [0.3, 0.4) is 0 Å². The third kappa shape index (κ3) is 2.61. The zero-order chi connectivity index (χ0) is 13.0. The summed E-state index contributed by atoms with van der Waals surface area (Å²) < 4.78 is 1.74. The highest BCUT2D eigenvalue weighted by atomic mass is 16.1. The second kappa shape index (κ2) is 5.23. The Morgan fingerprint density at radius 3 is 3.06 bits per heavy atom. The summed E-state index contributed by atoms with van der Waals surface area (Å²) in [7, 11) is 1.81. The minimum atomic E-state index is -0.225. The predicted octanol–water partition coefficient (Wildman–Crippen LogP) is -0.574. The number of nitrogens with one attached hydrogen (secondary N) is 2. The monoisotopic (exact) mass is 247 g/mol. The maximum absolute atomic E-state index is 11.9. The summed E-state index contributed by atoms with van der Waals surface area (Å²) in [4.78, 5) is 15.8. The van der Waals surface area contributed by atoms with Crippen molar-refractivity contribution in [1.29, 1.82) is 0 Å². The molecule has 0 unspecified atom stereocenters. The van der Waals surface area contributed by atoms with Gasteiger partial charge >= 0.3 is 0 Å². The maximum Gasteiger partial charge on any atom is 0.251 e. The van der Waals surface area contributed by atoms with Gasteiger partial charge in [-0.3, -0.25) is 4.79 Å². The number of pyridine rings is 1. The average Bonchev–Trinajstić information content (AvgIpc) is 2.81. The SMILES string of the molecule is Cn1cnnc1CNC(=O)c1ccnc(NN)c1. The van der Waals surface area contributed by atoms with Crippen molar-refractivity contribution in [2.45, 2.75) is 6.54 Å². The Morgan fingerprint density at radius 1 is 1.56 bits per heavy atom. The first-order valence-corrected chi connectivity index (χ1v) is 5.24. The van der Waals surface area contributed by atoms with Crippen LogP contribution in [0.2, 0.25) is 0 Å². The number of aromatic nitrogens is 4. The molecular formula is C10H13N7O. The van der Waals surface area contributed by atoms with Gasteiger partial charge in [-0.2, -0.15) is 0 Å². The molecule has 2 rings (SSSR count). The van der Waals surface area contributed by atoms with E-state index in [0.717, 1.165) is 0 Å². The van der Waals surface area contributed by atoms with Gasteiger partial charge in [-0.25, -0.2) is 10.8 Å². The van der Waals surface area contributed by atoms with Crippen LogP contribution in [-0.2, 0) is 13.6 Å². The highest BCUT2D eigenvalue weighted by molar-refractivity contribution is 5.94. The molecule has 0 saturated carbocycles. The van der Waals surface area contributed by atoms with Gasteiger partial charge in [0.15, 0.2) is 5.82 Å². The Hall–Kier alpha value is -2.48. The van der Waals surface area contributed by atoms with Crippen LogP contribution < -0.4 is 16.6 Å². The molecule has 0 spiro atoms. The molecule has 1 amide bonds. The molecule has 0 fully saturated rings. The lowest BCUT2D eigenvalue weighted by atomic mass is 10.2. The van der Waals surface area contributed by atoms with E-state index in [4.69, 9.17) is 5.84 Å². The number of nitrogens with two attached hydrogens (primary N) is 1. The normalized spacial score (nSPS) is 10.1. The fourth-order valence-electron chi connectivity index (χ4n) is 1.38. The van der Waals surface area contributed by atoms with Crippen molar-refractivity contribution in [2.75, 3.05) is 5.43 Å². The minimum Gasteiger partial charge on any atom is -0.345 e. The van der Waals surface area contributed by atoms with Crippen LogP contribution in [-0.4, -0.2) is 25.7 Å². The number of rotatable bonds is 4. The second-order valence-corrected chi connectivity index (χ2v) is 3.61. The maximum atomic E-state index is 11.9. The van der Waals surface area contributed by atoms with Crippen LogP contribution in [0.5, 0.6) is 0 Å². The van der Waals surface area contributed by atoms with Crippen molar-refractivity contribution >= 4 is 11.7 Å². The summed E-state index contributed by atoms with van der Waals surface area (Å²) >= 11 is 0. The molecule has 0 aliphatic heterocycles. The zero-order valence-corrected chi connectivity index (χ0v) is 9.79. The number of hydrazine groups is 1. The Morgan fingerprint density at radius 2 is 2.39 bits per heavy atom. The molecule has 0 radical (unpaired) electrons. The van der Waals surface area contributed by atoms with Crippen molar-refractivity contribution in [3.8, 4) is 0 Å². The highest BCUT2D eigenvalue weighted by Gasteiger charge is 2.08. The third-order valence-corrected chi connectivity index (χ3v) is 2.38. The lowest BCUT2D eigenvalue weighted by Crippen LogP contribution is -2.24. The van der Waals surface area contributed by atoms with E-state index in [0.29, 0.717) is 23.8 Å². The van der Waals surface area contributed by atoms with E-state index in [9.17, 15) is 4.79 Å². The van der Waals surface area contributed by atoms with E-state index in [-0.39, 0.29) is 5.91 Å². The summed E-state index contributed by atoms with van der Waals surface area (Å²) in [6, 6.07) is 3.17. The molecule has 94 valence electrons. The van der Waals surface area contributed by atoms with Crippen molar-refractivity contribution in [2.24, 2.45) is 12.9 Å². The number of carbonyl (C=O) groups is 1. The van der Waals surface area contributed by atoms with E-state index < -0.39 is 0 Å². The summed E-state index contributed by atoms with van der Waals surface area (Å²) in [6.07, 6.45) is 3.08. The zero-order valence-electron chi connectivity index (χ0n) is 9.79. The van der Waals surface area contributed by atoms with Gasteiger partial charge < -0.3 is 15.3 Å². The number of anilines is 1. The van der Waals surface area contributed by atoms with Gasteiger partial charge in [0.25, 0.3) is 5.91 Å². The van der Waals surface area contributed by atoms with Gasteiger partial charge in [0.05, 0.1) is 6.54 Å². The number of hydrogen-bond acceptors (Lipinski definition) is 6. The second-order valence-electron chi connectivity index (χ2n) is 3.61. The number of nitrogens with zero attached hydrogens (tertiary/aromatic N) is 4. The third-order valence-electron chi connectivity index (χ3n) is 2.38. The number of aryl methyl sites for hydroxylation is 1. The molecule has 8 nitrogen and oxygen atoms in total. The van der Waals surface area contributed by atoms with Gasteiger partial charge in [-0.15, -0.1) is 10.2 Å². The highest BCUT2D eigenvalue weighted by Crippen LogP contribution is 2.05. The summed E-state index contributed by atoms with van der Waals surface area (Å²) in [6.45, 7) is 0.309. The van der Waals surface area contributed by atoms with E-state index in [2.05, 4.69) is 25.9 Å². The Kier molecular flexibility index (Phi) is 3.49. The molecule has 0 bridgehead atoms. The van der Waals surface area contributed by atoms with Crippen LogP contribution >= 0.6 is 0 Å². The molecule has 18 heavy (non-hydrogen) atoms. The Balaban J connectivity index is 2.01. The number of amides is 1. The van der Waals surface area contributed by atoms with Gasteiger partial charge in [-0.1, -0.05) is 0 Å². The number of hydrogen-bond donors (Lipinski definition) is 3. The fourth-order valence-corrected chi connectivity index (χ4v) is 1.38. The van der Waals surface area contributed by atoms with E-state index >= 15 is 0 Å². The van der Waals surface area contributed by atoms with E-state index in [1.54, 1.807) is 23.0 Å². The molecule has 0 aliphatic carbocycles. The first-order valence-electron chi connectivity index (χ1n) is 5.24. The summed E-state index contributed by atoms with van der Waals surface area (Å²) in [5.74, 6) is 6.11. The molecule has 0 atom stereocenters. The van der Waals surface area contributed by atoms with Crippen molar-refractivity contribution < 1.29 is 4.79 Å². The van der Waals surface area contributed by atoms with Crippen LogP contribution in [0.25, 0.3) is 0 Å². The van der Waals surface area contributed by atoms with Gasteiger partial charge in [-0.05, 0) is 12.1 Å². The predicted molar refractivity (Wildman–Crippen MR) is 64.2 cm³/mol. The topological polar surface area (TPSA) is 111 Å². The molecule has 2 aromatic rings. The smallest absolute Gasteiger partial charge is 0.251 e. The lowest BCUT2D eigenvalue weighted by molar-refractivity contribution is 0.0949. The Labute approximate surface area is 103 Å². The molecular weight excluding hydrogens is 234 g/mol. The van der Waals surface area contributed by atoms with E-state index in [1.165, 1.54) is 6.20 Å². The number of nitrogen functional groups attached to an aromatic ring is 1. The Bertz CT molecular complexity index is 551. The molecule has 2 heterocycles. The molecule has 0 aliphatic rings. The fraction of sp³-hybridized carbons (Fsp3) is 0.200. The molecule has 8 heteroatoms. The number of carbonyl (C=O) groups excluding carboxylic acids is 1. The first kappa shape index (κ1) is 12.0. The quantitative estimate of drug-likeness (QED) is 0.492. The lowest BCUT2D eigenvalue weighted by Gasteiger charge is -2.05. The van der Waals surface area contributed by atoms with Crippen LogP contribution in [0.1, 0.15) is 16.2 Å². The van der Waals surface area contributed by atoms with Crippen LogP contribution in [0.15, 0.2) is 24.7 Å². The summed E-state index contributed by atoms with van der Waals surface area (Å²) in [5.41, 5.74) is 2.86. The average molecular weight is 247 g/mol. The van der Waals surface area contributed by atoms with Crippen LogP contribution in [0.4, 0.5) is 5.82 Å². The molecule has 2 aromatic heterocycles. The minimum absolute atomic E-state index is 0.225. The van der Waals surface area contributed by atoms with Crippen molar-refractivity contribution in [1.82, 2.24) is 25.1 Å². The van der Waals surface area contributed by atoms with Crippen molar-refractivity contribution in [3.63, 3.8) is 0 Å². The summed E-state index contributed by atoms with van der Waals surface area (Å²) in [5, 5.41) is 10.3. The molecule has 4 N–H and O–H groups in total. The van der Waals surface area contributed by atoms with Crippen LogP contribution in [0, 0.1) is 0 Å². The first-order chi connectivity index (χ1) is 8.70. The van der Waals surface area contributed by atoms with Gasteiger partial charge in [0.1, 0.15) is 12.1 Å². The largest absolute Gasteiger partial charge is 0.345 e. The van der Waals surface area contributed by atoms with Gasteiger partial charge in [0.2, 0.25) is 0 Å². The van der Waals surface area contributed by atoms with Gasteiger partial charge in [0, 0.05) is 18.8 Å². The van der Waals surface area contributed by atoms with E-state index in [1.807, 2.05) is 7.05 Å². The standard InChI is InChI=1S/C10H13N7O/c1-17-6-14-16-9(17)5-13-10(18)7-2-3-12-8(4-7)15-11/h2-4,6H,5,11H2,1H3,(H,12,15)(H,13,18).